The molecule has 0 bridgehead atoms. The molecule has 1 rings (SSSR count). The number of halogens is 4. The first kappa shape index (κ1) is 28.3. The van der Waals surface area contributed by atoms with Crippen molar-refractivity contribution in [1.82, 2.24) is 5.32 Å². The van der Waals surface area contributed by atoms with Gasteiger partial charge in [-0.25, -0.2) is 4.79 Å². The van der Waals surface area contributed by atoms with Crippen LogP contribution in [0.25, 0.3) is 0 Å². The highest BCUT2D eigenvalue weighted by Gasteiger charge is 2.31. The molecule has 186 valence electrons. The molecule has 12 heteroatoms. The van der Waals surface area contributed by atoms with Crippen molar-refractivity contribution in [2.75, 3.05) is 13.2 Å². The van der Waals surface area contributed by atoms with Gasteiger partial charge in [0.15, 0.2) is 5.78 Å². The molecule has 0 spiro atoms. The number of esters is 1. The third-order valence-electron chi connectivity index (χ3n) is 3.90. The van der Waals surface area contributed by atoms with Crippen LogP contribution in [-0.2, 0) is 35.1 Å². The number of carbonyl (C=O) groups is 3. The molecular formula is C21H27F4NO7. The maximum atomic E-state index is 12.6. The van der Waals surface area contributed by atoms with Crippen LogP contribution < -0.4 is 5.32 Å². The van der Waals surface area contributed by atoms with Crippen LogP contribution in [0.5, 0.6) is 0 Å². The van der Waals surface area contributed by atoms with Crippen LogP contribution in [0.15, 0.2) is 30.3 Å². The number of amides is 1. The van der Waals surface area contributed by atoms with E-state index in [-0.39, 0.29) is 6.61 Å². The van der Waals surface area contributed by atoms with Gasteiger partial charge in [0.2, 0.25) is 0 Å². The monoisotopic (exact) mass is 481 g/mol. The Bertz CT molecular complexity index is 757. The summed E-state index contributed by atoms with van der Waals surface area (Å²) in [5, 5.41) is 2.09. The van der Waals surface area contributed by atoms with Gasteiger partial charge >= 0.3 is 25.3 Å². The van der Waals surface area contributed by atoms with Crippen LogP contribution in [-0.4, -0.2) is 55.9 Å². The van der Waals surface area contributed by atoms with Crippen LogP contribution in [0.3, 0.4) is 0 Å². The molecule has 8 nitrogen and oxygen atoms in total. The van der Waals surface area contributed by atoms with Crippen molar-refractivity contribution in [2.24, 2.45) is 5.92 Å². The topological polar surface area (TPSA) is 100 Å². The Balaban J connectivity index is 2.87. The number of Topliss-reactive ketones (excluding diaryl/α,β-unsaturated/α-hetero) is 1. The Hall–Kier alpha value is -2.73. The molecule has 0 aliphatic rings. The minimum Gasteiger partial charge on any atom is -0.461 e. The Morgan fingerprint density at radius 3 is 2.06 bits per heavy atom. The van der Waals surface area contributed by atoms with Crippen molar-refractivity contribution in [3.05, 3.63) is 35.9 Å². The lowest BCUT2D eigenvalue weighted by Crippen LogP contribution is -2.47. The van der Waals surface area contributed by atoms with E-state index in [0.717, 1.165) is 0 Å². The van der Waals surface area contributed by atoms with Gasteiger partial charge in [-0.15, -0.1) is 0 Å². The molecule has 0 fully saturated rings. The second kappa shape index (κ2) is 13.7. The molecule has 0 aliphatic carbocycles. The third-order valence-corrected chi connectivity index (χ3v) is 3.90. The highest BCUT2D eigenvalue weighted by molar-refractivity contribution is 5.90. The number of ketones is 1. The Morgan fingerprint density at radius 2 is 1.52 bits per heavy atom. The molecule has 1 amide bonds. The molecular weight excluding hydrogens is 454 g/mol. The first-order chi connectivity index (χ1) is 15.4. The van der Waals surface area contributed by atoms with Crippen molar-refractivity contribution in [3.63, 3.8) is 0 Å². The molecule has 1 N–H and O–H groups in total. The average molecular weight is 481 g/mol. The molecule has 2 atom stereocenters. The number of hydrogen-bond donors (Lipinski definition) is 1. The summed E-state index contributed by atoms with van der Waals surface area (Å²) >= 11 is 0. The number of nitrogens with one attached hydrogen (secondary N) is 1. The predicted molar refractivity (Wildman–Crippen MR) is 106 cm³/mol. The molecule has 0 heterocycles. The fraction of sp³-hybridized carbons (Fsp3) is 0.571. The van der Waals surface area contributed by atoms with Gasteiger partial charge < -0.3 is 24.3 Å². The minimum absolute atomic E-state index is 0.187. The number of alkyl carbamates (subject to hydrolysis) is 1. The molecule has 1 aromatic rings. The van der Waals surface area contributed by atoms with Crippen LogP contribution in [0.2, 0.25) is 0 Å². The van der Waals surface area contributed by atoms with E-state index in [1.54, 1.807) is 51.1 Å². The zero-order valence-corrected chi connectivity index (χ0v) is 18.4. The smallest absolute Gasteiger partial charge is 0.408 e. The number of rotatable bonds is 13. The molecule has 0 unspecified atom stereocenters. The highest BCUT2D eigenvalue weighted by atomic mass is 19.3. The molecule has 1 aromatic carbocycles. The second-order valence-corrected chi connectivity index (χ2v) is 7.85. The van der Waals surface area contributed by atoms with Gasteiger partial charge in [0.05, 0.1) is 19.1 Å². The van der Waals surface area contributed by atoms with Crippen LogP contribution in [0.4, 0.5) is 22.4 Å². The van der Waals surface area contributed by atoms with Crippen molar-refractivity contribution >= 4 is 17.8 Å². The number of carbonyl (C=O) groups excluding carboxylic acids is 3. The molecule has 33 heavy (non-hydrogen) atoms. The van der Waals surface area contributed by atoms with E-state index in [9.17, 15) is 31.9 Å². The van der Waals surface area contributed by atoms with Gasteiger partial charge in [-0.1, -0.05) is 30.3 Å². The molecule has 0 radical (unpaired) electrons. The lowest BCUT2D eigenvalue weighted by Gasteiger charge is -2.24. The second-order valence-electron chi connectivity index (χ2n) is 7.85. The number of ether oxygens (including phenoxy) is 4. The lowest BCUT2D eigenvalue weighted by molar-refractivity contribution is -0.167. The molecule has 0 saturated carbocycles. The summed E-state index contributed by atoms with van der Waals surface area (Å²) in [6.45, 7) is -3.83. The summed E-state index contributed by atoms with van der Waals surface area (Å²) in [6, 6.07) is 6.81. The van der Waals surface area contributed by atoms with E-state index in [4.69, 9.17) is 9.47 Å². The summed E-state index contributed by atoms with van der Waals surface area (Å²) in [7, 11) is 0. The maximum Gasteiger partial charge on any atom is 0.408 e. The lowest BCUT2D eigenvalue weighted by atomic mass is 9.99. The average Bonchev–Trinajstić information content (AvgIpc) is 2.71. The van der Waals surface area contributed by atoms with E-state index < -0.39 is 68.3 Å². The van der Waals surface area contributed by atoms with Crippen LogP contribution in [0, 0.1) is 5.92 Å². The van der Waals surface area contributed by atoms with Crippen molar-refractivity contribution in [2.45, 2.75) is 58.7 Å². The number of alkyl halides is 4. The largest absolute Gasteiger partial charge is 0.461 e. The zero-order chi connectivity index (χ0) is 25.0. The first-order valence-corrected chi connectivity index (χ1v) is 9.89. The Labute approximate surface area is 188 Å². The predicted octanol–water partition coefficient (Wildman–Crippen LogP) is 3.68. The molecule has 0 aromatic heterocycles. The minimum atomic E-state index is -3.24. The van der Waals surface area contributed by atoms with E-state index in [1.807, 2.05) is 0 Å². The molecule has 0 saturated heterocycles. The summed E-state index contributed by atoms with van der Waals surface area (Å²) in [6.07, 6.45) is -1.83. The van der Waals surface area contributed by atoms with Crippen molar-refractivity contribution in [3.8, 4) is 0 Å². The summed E-state index contributed by atoms with van der Waals surface area (Å²) in [4.78, 5) is 37.0. The number of benzene rings is 1. The first-order valence-electron chi connectivity index (χ1n) is 9.89. The SMILES string of the molecule is CC(C)(C)OC(=O)N[C@@H](COC(F)F)C(=O)C[C@@H](COC(F)F)C(=O)OCc1ccccc1. The summed E-state index contributed by atoms with van der Waals surface area (Å²) < 4.78 is 68.3. The van der Waals surface area contributed by atoms with E-state index in [0.29, 0.717) is 5.56 Å². The van der Waals surface area contributed by atoms with Gasteiger partial charge in [0.1, 0.15) is 18.2 Å². The standard InChI is InChI=1S/C21H27F4NO7/c1-21(2,3)33-20(29)26-15(12-32-19(24)25)16(27)9-14(11-31-18(22)23)17(28)30-10-13-7-5-4-6-8-13/h4-8,14-15,18-19H,9-12H2,1-3H3,(H,26,29)/t14-,15-/m0/s1. The maximum absolute atomic E-state index is 12.6. The fourth-order valence-electron chi connectivity index (χ4n) is 2.46. The van der Waals surface area contributed by atoms with Crippen molar-refractivity contribution < 1.29 is 50.9 Å². The van der Waals surface area contributed by atoms with Crippen molar-refractivity contribution in [1.29, 1.82) is 0 Å². The normalized spacial score (nSPS) is 13.5. The molecule has 0 aliphatic heterocycles. The fourth-order valence-corrected chi connectivity index (χ4v) is 2.46. The van der Waals surface area contributed by atoms with Gasteiger partial charge in [-0.2, -0.15) is 17.6 Å². The Morgan fingerprint density at radius 1 is 0.939 bits per heavy atom. The van der Waals surface area contributed by atoms with Gasteiger partial charge in [-0.3, -0.25) is 9.59 Å². The summed E-state index contributed by atoms with van der Waals surface area (Å²) in [5.41, 5.74) is -0.337. The van der Waals surface area contributed by atoms with Gasteiger partial charge in [0.25, 0.3) is 0 Å². The quantitative estimate of drug-likeness (QED) is 0.339. The Kier molecular flexibility index (Phi) is 11.8. The van der Waals surface area contributed by atoms with Gasteiger partial charge in [-0.05, 0) is 26.3 Å². The van der Waals surface area contributed by atoms with Crippen LogP contribution in [0.1, 0.15) is 32.8 Å². The third kappa shape index (κ3) is 12.8. The van der Waals surface area contributed by atoms with E-state index >= 15 is 0 Å². The number of hydrogen-bond acceptors (Lipinski definition) is 7. The van der Waals surface area contributed by atoms with Crippen LogP contribution >= 0.6 is 0 Å². The van der Waals surface area contributed by atoms with E-state index in [2.05, 4.69) is 14.8 Å². The van der Waals surface area contributed by atoms with E-state index in [1.165, 1.54) is 0 Å². The highest BCUT2D eigenvalue weighted by Crippen LogP contribution is 2.15. The van der Waals surface area contributed by atoms with Gasteiger partial charge in [0, 0.05) is 6.42 Å². The summed E-state index contributed by atoms with van der Waals surface area (Å²) in [5.74, 6) is -3.44. The zero-order valence-electron chi connectivity index (χ0n) is 18.4.